The van der Waals surface area contributed by atoms with E-state index in [1.165, 1.54) is 0 Å². The first-order valence-corrected chi connectivity index (χ1v) is 15.0. The van der Waals surface area contributed by atoms with E-state index >= 15 is 0 Å². The van der Waals surface area contributed by atoms with Crippen LogP contribution < -0.4 is 38.1 Å². The molecule has 15 nitrogen and oxygen atoms in total. The fourth-order valence-electron chi connectivity index (χ4n) is 4.57. The molecule has 0 unspecified atom stereocenters. The van der Waals surface area contributed by atoms with E-state index in [9.17, 15) is 33.6 Å². The van der Waals surface area contributed by atoms with E-state index in [2.05, 4.69) is 40.4 Å². The smallest absolute Gasteiger partial charge is 0.312 e. The molecule has 246 valence electrons. The summed E-state index contributed by atoms with van der Waals surface area (Å²) in [5, 5.41) is 13.0. The van der Waals surface area contributed by atoms with Crippen LogP contribution in [0.5, 0.6) is 0 Å². The van der Waals surface area contributed by atoms with Crippen LogP contribution >= 0.6 is 0 Å². The Morgan fingerprint density at radius 1 is 0.756 bits per heavy atom. The van der Waals surface area contributed by atoms with E-state index in [0.29, 0.717) is 30.9 Å². The molecule has 15 heteroatoms. The van der Waals surface area contributed by atoms with Crippen LogP contribution in [0.3, 0.4) is 0 Å². The highest BCUT2D eigenvalue weighted by Crippen LogP contribution is 2.14. The Hall–Kier alpha value is -4.95. The number of amides is 9. The van der Waals surface area contributed by atoms with Gasteiger partial charge in [0.1, 0.15) is 12.1 Å². The summed E-state index contributed by atoms with van der Waals surface area (Å²) in [5.74, 6) is -2.29. The summed E-state index contributed by atoms with van der Waals surface area (Å²) in [4.78, 5) is 86.1. The van der Waals surface area contributed by atoms with Crippen molar-refractivity contribution >= 4 is 47.3 Å². The lowest BCUT2D eigenvalue weighted by atomic mass is 10.0. The molecule has 2 rings (SSSR count). The predicted molar refractivity (Wildman–Crippen MR) is 166 cm³/mol. The number of hydrogen-bond donors (Lipinski definition) is 7. The normalized spacial score (nSPS) is 13.7. The van der Waals surface area contributed by atoms with Crippen molar-refractivity contribution in [2.24, 2.45) is 17.4 Å². The summed E-state index contributed by atoms with van der Waals surface area (Å²) >= 11 is 0. The summed E-state index contributed by atoms with van der Waals surface area (Å²) in [6, 6.07) is 3.88. The van der Waals surface area contributed by atoms with Crippen LogP contribution in [0, 0.1) is 5.92 Å². The van der Waals surface area contributed by atoms with Crippen LogP contribution in [0.2, 0.25) is 0 Å². The Morgan fingerprint density at radius 2 is 1.31 bits per heavy atom. The first-order chi connectivity index (χ1) is 21.3. The molecule has 1 aliphatic rings. The van der Waals surface area contributed by atoms with Gasteiger partial charge in [-0.3, -0.25) is 28.9 Å². The zero-order valence-electron chi connectivity index (χ0n) is 25.7. The van der Waals surface area contributed by atoms with Crippen molar-refractivity contribution in [2.45, 2.75) is 70.9 Å². The molecular weight excluding hydrogens is 584 g/mol. The van der Waals surface area contributed by atoms with Crippen molar-refractivity contribution in [1.82, 2.24) is 26.2 Å². The van der Waals surface area contributed by atoms with Crippen molar-refractivity contribution in [3.8, 4) is 0 Å². The number of nitrogens with two attached hydrogens (primary N) is 2. The van der Waals surface area contributed by atoms with Gasteiger partial charge in [-0.15, -0.1) is 0 Å². The van der Waals surface area contributed by atoms with Crippen LogP contribution in [-0.2, 0) is 30.4 Å². The number of hydrogen-bond acceptors (Lipinski definition) is 7. The molecule has 1 aromatic carbocycles. The van der Waals surface area contributed by atoms with Crippen LogP contribution in [0.15, 0.2) is 36.4 Å². The van der Waals surface area contributed by atoms with E-state index in [1.54, 1.807) is 12.1 Å². The van der Waals surface area contributed by atoms with Gasteiger partial charge in [-0.2, -0.15) is 0 Å². The molecule has 0 bridgehead atoms. The molecule has 1 aliphatic heterocycles. The number of benzene rings is 1. The molecule has 0 saturated heterocycles. The maximum atomic E-state index is 13.5. The predicted octanol–water partition coefficient (Wildman–Crippen LogP) is 0.395. The van der Waals surface area contributed by atoms with Gasteiger partial charge in [0.15, 0.2) is 0 Å². The Bertz CT molecular complexity index is 1230. The van der Waals surface area contributed by atoms with Gasteiger partial charge in [0.2, 0.25) is 17.7 Å². The van der Waals surface area contributed by atoms with Gasteiger partial charge in [0.05, 0.1) is 0 Å². The molecule has 2 atom stereocenters. The molecule has 0 radical (unpaired) electrons. The summed E-state index contributed by atoms with van der Waals surface area (Å²) in [6.07, 6.45) is 4.37. The number of anilines is 1. The first-order valence-electron chi connectivity index (χ1n) is 15.0. The number of rotatable bonds is 19. The van der Waals surface area contributed by atoms with Gasteiger partial charge in [0.25, 0.3) is 11.8 Å². The van der Waals surface area contributed by atoms with Crippen molar-refractivity contribution in [3.63, 3.8) is 0 Å². The molecule has 0 aliphatic carbocycles. The van der Waals surface area contributed by atoms with E-state index < -0.39 is 53.7 Å². The molecule has 0 saturated carbocycles. The lowest BCUT2D eigenvalue weighted by molar-refractivity contribution is -0.137. The maximum Gasteiger partial charge on any atom is 0.312 e. The summed E-state index contributed by atoms with van der Waals surface area (Å²) in [5.41, 5.74) is 11.9. The summed E-state index contributed by atoms with van der Waals surface area (Å²) < 4.78 is 0. The number of nitrogens with one attached hydrogen (secondary N) is 5. The zero-order chi connectivity index (χ0) is 33.4. The molecule has 9 amide bonds. The molecular formula is C30H44N8O7. The van der Waals surface area contributed by atoms with Gasteiger partial charge in [-0.1, -0.05) is 26.0 Å². The lowest BCUT2D eigenvalue weighted by Gasteiger charge is -2.24. The van der Waals surface area contributed by atoms with Gasteiger partial charge in [-0.05, 0) is 62.1 Å². The van der Waals surface area contributed by atoms with Crippen LogP contribution in [0.1, 0.15) is 57.9 Å². The Kier molecular flexibility index (Phi) is 15.0. The number of imide groups is 1. The van der Waals surface area contributed by atoms with Gasteiger partial charge >= 0.3 is 12.1 Å². The number of unbranched alkanes of at least 4 members (excludes halogenated alkanes) is 1. The number of nitrogens with zero attached hydrogens (tertiary/aromatic N) is 1. The number of carbonyl (C=O) groups excluding carboxylic acids is 7. The Balaban J connectivity index is 2.11. The SMILES string of the molecule is CC(C)Cc1ccc(NC(=O)[C@H](CCCNC(N)=O)NC(=O)[C@H](CCCCNC(N)=O)NC(=O)CCN2C(=O)C=CC2=O)cc1. The topological polar surface area (TPSA) is 235 Å². The standard InChI is InChI=1S/C30H44N8O7/c1-19(2)18-20-8-10-21(11-9-20)35-27(42)23(7-5-16-34-30(32)45)37-28(43)22(6-3-4-15-33-29(31)44)36-24(39)14-17-38-25(40)12-13-26(38)41/h8-13,19,22-23H,3-7,14-18H2,1-2H3,(H,35,42)(H,36,39)(H,37,43)(H3,31,33,44)(H3,32,34,45)/t22-,23-/m0/s1. The second-order valence-electron chi connectivity index (χ2n) is 11.1. The molecule has 9 N–H and O–H groups in total. The second kappa shape index (κ2) is 18.7. The minimum Gasteiger partial charge on any atom is -0.352 e. The molecule has 1 heterocycles. The fraction of sp³-hybridized carbons (Fsp3) is 0.500. The molecule has 0 spiro atoms. The Labute approximate surface area is 262 Å². The third-order valence-corrected chi connectivity index (χ3v) is 6.80. The zero-order valence-corrected chi connectivity index (χ0v) is 25.7. The highest BCUT2D eigenvalue weighted by atomic mass is 16.2. The summed E-state index contributed by atoms with van der Waals surface area (Å²) in [6.45, 7) is 4.49. The average molecular weight is 629 g/mol. The first kappa shape index (κ1) is 36.2. The number of urea groups is 2. The van der Waals surface area contributed by atoms with E-state index in [1.807, 2.05) is 12.1 Å². The summed E-state index contributed by atoms with van der Waals surface area (Å²) in [7, 11) is 0. The molecule has 0 aromatic heterocycles. The third kappa shape index (κ3) is 13.9. The Morgan fingerprint density at radius 3 is 1.89 bits per heavy atom. The van der Waals surface area contributed by atoms with Crippen LogP contribution in [-0.4, -0.2) is 78.2 Å². The molecule has 45 heavy (non-hydrogen) atoms. The maximum absolute atomic E-state index is 13.5. The van der Waals surface area contributed by atoms with Gasteiger partial charge < -0.3 is 38.1 Å². The minimum atomic E-state index is -1.07. The largest absolute Gasteiger partial charge is 0.352 e. The van der Waals surface area contributed by atoms with Crippen molar-refractivity contribution in [3.05, 3.63) is 42.0 Å². The van der Waals surface area contributed by atoms with E-state index in [-0.39, 0.29) is 38.9 Å². The average Bonchev–Trinajstić information content (AvgIpc) is 3.29. The monoisotopic (exact) mass is 628 g/mol. The van der Waals surface area contributed by atoms with Crippen molar-refractivity contribution < 1.29 is 33.6 Å². The number of primary amides is 2. The van der Waals surface area contributed by atoms with Crippen LogP contribution in [0.4, 0.5) is 15.3 Å². The second-order valence-corrected chi connectivity index (χ2v) is 11.1. The lowest BCUT2D eigenvalue weighted by Crippen LogP contribution is -2.53. The number of carbonyl (C=O) groups is 7. The van der Waals surface area contributed by atoms with E-state index in [4.69, 9.17) is 11.5 Å². The van der Waals surface area contributed by atoms with Crippen molar-refractivity contribution in [2.75, 3.05) is 25.0 Å². The van der Waals surface area contributed by atoms with Gasteiger partial charge in [0, 0.05) is 43.9 Å². The highest BCUT2D eigenvalue weighted by molar-refractivity contribution is 6.13. The van der Waals surface area contributed by atoms with Crippen molar-refractivity contribution in [1.29, 1.82) is 0 Å². The fourth-order valence-corrected chi connectivity index (χ4v) is 4.57. The van der Waals surface area contributed by atoms with E-state index in [0.717, 1.165) is 29.0 Å². The van der Waals surface area contributed by atoms with Crippen LogP contribution in [0.25, 0.3) is 0 Å². The minimum absolute atomic E-state index is 0.151. The third-order valence-electron chi connectivity index (χ3n) is 6.80. The molecule has 1 aromatic rings. The quantitative estimate of drug-likeness (QED) is 0.0840. The highest BCUT2D eigenvalue weighted by Gasteiger charge is 2.28. The molecule has 0 fully saturated rings. The van der Waals surface area contributed by atoms with Gasteiger partial charge in [-0.25, -0.2) is 9.59 Å².